The van der Waals surface area contributed by atoms with Crippen molar-refractivity contribution in [2.24, 2.45) is 0 Å². The lowest BCUT2D eigenvalue weighted by molar-refractivity contribution is -0.153. The van der Waals surface area contributed by atoms with Crippen molar-refractivity contribution >= 4 is 0 Å². The Morgan fingerprint density at radius 1 is 1.25 bits per heavy atom. The van der Waals surface area contributed by atoms with Gasteiger partial charge >= 0.3 is 6.18 Å². The van der Waals surface area contributed by atoms with Crippen LogP contribution in [0.1, 0.15) is 11.1 Å². The van der Waals surface area contributed by atoms with Crippen LogP contribution < -0.4 is 10.1 Å². The number of hydrogen-bond donors (Lipinski definition) is 1. The zero-order valence-corrected chi connectivity index (χ0v) is 8.60. The van der Waals surface area contributed by atoms with Crippen molar-refractivity contribution < 1.29 is 17.9 Å². The molecule has 0 aliphatic carbocycles. The number of nitrogens with one attached hydrogen (secondary N) is 1. The smallest absolute Gasteiger partial charge is 0.422 e. The molecule has 0 saturated carbocycles. The minimum Gasteiger partial charge on any atom is -0.484 e. The summed E-state index contributed by atoms with van der Waals surface area (Å²) in [4.78, 5) is 0. The molecular formula is C11H12F3NO. The van der Waals surface area contributed by atoms with Gasteiger partial charge in [0.1, 0.15) is 5.75 Å². The average molecular weight is 231 g/mol. The maximum absolute atomic E-state index is 11.9. The summed E-state index contributed by atoms with van der Waals surface area (Å²) in [6.45, 7) is 0.369. The maximum atomic E-state index is 11.9. The van der Waals surface area contributed by atoms with E-state index in [2.05, 4.69) is 10.1 Å². The Morgan fingerprint density at radius 2 is 2.06 bits per heavy atom. The Labute approximate surface area is 91.4 Å². The lowest BCUT2D eigenvalue weighted by Crippen LogP contribution is -2.24. The second-order valence-corrected chi connectivity index (χ2v) is 3.76. The highest BCUT2D eigenvalue weighted by atomic mass is 19.4. The summed E-state index contributed by atoms with van der Waals surface area (Å²) in [5.41, 5.74) is 2.20. The fourth-order valence-electron chi connectivity index (χ4n) is 1.71. The van der Waals surface area contributed by atoms with Gasteiger partial charge in [0.2, 0.25) is 0 Å². The molecule has 1 N–H and O–H groups in total. The highest BCUT2D eigenvalue weighted by Crippen LogP contribution is 2.23. The van der Waals surface area contributed by atoms with Gasteiger partial charge in [-0.1, -0.05) is 6.07 Å². The summed E-state index contributed by atoms with van der Waals surface area (Å²) in [7, 11) is 0. The van der Waals surface area contributed by atoms with Gasteiger partial charge in [0, 0.05) is 6.54 Å². The zero-order chi connectivity index (χ0) is 11.6. The van der Waals surface area contributed by atoms with Crippen LogP contribution in [0.3, 0.4) is 0 Å². The number of alkyl halides is 3. The van der Waals surface area contributed by atoms with Crippen molar-refractivity contribution in [2.75, 3.05) is 13.2 Å². The molecule has 88 valence electrons. The van der Waals surface area contributed by atoms with Crippen LogP contribution in [0.2, 0.25) is 0 Å². The zero-order valence-electron chi connectivity index (χ0n) is 8.60. The summed E-state index contributed by atoms with van der Waals surface area (Å²) >= 11 is 0. The Morgan fingerprint density at radius 3 is 2.81 bits per heavy atom. The molecule has 5 heteroatoms. The number of hydrogen-bond acceptors (Lipinski definition) is 2. The van der Waals surface area contributed by atoms with Crippen molar-refractivity contribution in [3.63, 3.8) is 0 Å². The molecule has 0 unspecified atom stereocenters. The quantitative estimate of drug-likeness (QED) is 0.843. The van der Waals surface area contributed by atoms with Crippen LogP contribution >= 0.6 is 0 Å². The number of rotatable bonds is 2. The molecule has 0 aromatic heterocycles. The fraction of sp³-hybridized carbons (Fsp3) is 0.455. The highest BCUT2D eigenvalue weighted by molar-refractivity contribution is 5.37. The number of ether oxygens (including phenoxy) is 1. The Hall–Kier alpha value is -1.23. The van der Waals surface area contributed by atoms with Gasteiger partial charge in [0.15, 0.2) is 6.61 Å². The van der Waals surface area contributed by atoms with Crippen molar-refractivity contribution in [3.05, 3.63) is 29.3 Å². The molecule has 0 atom stereocenters. The van der Waals surface area contributed by atoms with Gasteiger partial charge in [-0.25, -0.2) is 0 Å². The van der Waals surface area contributed by atoms with E-state index < -0.39 is 12.8 Å². The van der Waals surface area contributed by atoms with Crippen LogP contribution in [-0.2, 0) is 13.0 Å². The van der Waals surface area contributed by atoms with Crippen LogP contribution in [-0.4, -0.2) is 19.3 Å². The molecule has 0 bridgehead atoms. The molecule has 0 fully saturated rings. The van der Waals surface area contributed by atoms with E-state index in [9.17, 15) is 13.2 Å². The van der Waals surface area contributed by atoms with Gasteiger partial charge in [-0.15, -0.1) is 0 Å². The Kier molecular flexibility index (Phi) is 3.05. The molecular weight excluding hydrogens is 219 g/mol. The van der Waals surface area contributed by atoms with E-state index in [0.29, 0.717) is 6.54 Å². The predicted molar refractivity (Wildman–Crippen MR) is 53.4 cm³/mol. The van der Waals surface area contributed by atoms with Crippen molar-refractivity contribution in [2.45, 2.75) is 19.1 Å². The summed E-state index contributed by atoms with van der Waals surface area (Å²) in [6.07, 6.45) is -3.37. The van der Waals surface area contributed by atoms with Gasteiger partial charge in [-0.3, -0.25) is 0 Å². The molecule has 0 saturated heterocycles. The van der Waals surface area contributed by atoms with Crippen molar-refractivity contribution in [1.82, 2.24) is 5.32 Å². The van der Waals surface area contributed by atoms with Gasteiger partial charge in [0.25, 0.3) is 0 Å². The van der Waals surface area contributed by atoms with Gasteiger partial charge in [0.05, 0.1) is 0 Å². The maximum Gasteiger partial charge on any atom is 0.422 e. The molecule has 1 aliphatic rings. The van der Waals surface area contributed by atoms with E-state index in [1.54, 1.807) is 12.1 Å². The number of halogens is 3. The van der Waals surface area contributed by atoms with Crippen LogP contribution in [0.25, 0.3) is 0 Å². The van der Waals surface area contributed by atoms with E-state index in [4.69, 9.17) is 0 Å². The van der Waals surface area contributed by atoms with Gasteiger partial charge in [-0.2, -0.15) is 13.2 Å². The summed E-state index contributed by atoms with van der Waals surface area (Å²) < 4.78 is 40.5. The topological polar surface area (TPSA) is 21.3 Å². The molecule has 0 radical (unpaired) electrons. The largest absolute Gasteiger partial charge is 0.484 e. The minimum atomic E-state index is -4.28. The third-order valence-corrected chi connectivity index (χ3v) is 2.47. The van der Waals surface area contributed by atoms with Crippen molar-refractivity contribution in [3.8, 4) is 5.75 Å². The molecule has 0 spiro atoms. The first kappa shape index (κ1) is 11.3. The molecule has 1 aliphatic heterocycles. The number of fused-ring (bicyclic) bond motifs is 1. The number of benzene rings is 1. The Balaban J connectivity index is 2.06. The summed E-state index contributed by atoms with van der Waals surface area (Å²) in [5, 5.41) is 3.16. The molecule has 0 amide bonds. The van der Waals surface area contributed by atoms with Crippen molar-refractivity contribution in [1.29, 1.82) is 0 Å². The third kappa shape index (κ3) is 2.88. The minimum absolute atomic E-state index is 0.278. The third-order valence-electron chi connectivity index (χ3n) is 2.47. The first-order valence-electron chi connectivity index (χ1n) is 5.07. The van der Waals surface area contributed by atoms with E-state index in [0.717, 1.165) is 18.5 Å². The first-order valence-corrected chi connectivity index (χ1v) is 5.07. The van der Waals surface area contributed by atoms with Crippen LogP contribution in [0.15, 0.2) is 18.2 Å². The van der Waals surface area contributed by atoms with E-state index in [1.807, 2.05) is 6.07 Å². The second kappa shape index (κ2) is 4.33. The molecule has 2 nitrogen and oxygen atoms in total. The second-order valence-electron chi connectivity index (χ2n) is 3.76. The first-order chi connectivity index (χ1) is 7.54. The fourth-order valence-corrected chi connectivity index (χ4v) is 1.71. The average Bonchev–Trinajstić information content (AvgIpc) is 2.25. The molecule has 1 aromatic rings. The van der Waals surface area contributed by atoms with E-state index in [1.165, 1.54) is 5.56 Å². The lowest BCUT2D eigenvalue weighted by Gasteiger charge is -2.18. The molecule has 1 aromatic carbocycles. The molecule has 16 heavy (non-hydrogen) atoms. The standard InChI is InChI=1S/C11H12F3NO/c12-11(13,14)7-16-10-2-1-8-3-4-15-6-9(8)5-10/h1-2,5,15H,3-4,6-7H2. The van der Waals surface area contributed by atoms with Crippen LogP contribution in [0, 0.1) is 0 Å². The predicted octanol–water partition coefficient (Wildman–Crippen LogP) is 2.27. The van der Waals surface area contributed by atoms with E-state index >= 15 is 0 Å². The van der Waals surface area contributed by atoms with Crippen LogP contribution in [0.5, 0.6) is 5.75 Å². The Bertz CT molecular complexity index is 376. The molecule has 1 heterocycles. The summed E-state index contributed by atoms with van der Waals surface area (Å²) in [5.74, 6) is 0.278. The van der Waals surface area contributed by atoms with Gasteiger partial charge < -0.3 is 10.1 Å². The normalized spacial score (nSPS) is 15.7. The van der Waals surface area contributed by atoms with Crippen LogP contribution in [0.4, 0.5) is 13.2 Å². The van der Waals surface area contributed by atoms with E-state index in [-0.39, 0.29) is 5.75 Å². The SMILES string of the molecule is FC(F)(F)COc1ccc2c(c1)CNCC2. The monoisotopic (exact) mass is 231 g/mol. The summed E-state index contributed by atoms with van der Waals surface area (Å²) in [6, 6.07) is 5.10. The van der Waals surface area contributed by atoms with Gasteiger partial charge in [-0.05, 0) is 36.2 Å². The molecule has 2 rings (SSSR count). The lowest BCUT2D eigenvalue weighted by atomic mass is 10.0. The highest BCUT2D eigenvalue weighted by Gasteiger charge is 2.28.